The first-order valence-electron chi connectivity index (χ1n) is 3.69. The van der Waals surface area contributed by atoms with Gasteiger partial charge in [-0.3, -0.25) is 4.79 Å². The summed E-state index contributed by atoms with van der Waals surface area (Å²) < 4.78 is 2.97. The van der Waals surface area contributed by atoms with Crippen molar-refractivity contribution in [1.29, 1.82) is 0 Å². The van der Waals surface area contributed by atoms with Crippen LogP contribution in [-0.2, 0) is 4.79 Å². The fourth-order valence-electron chi connectivity index (χ4n) is 0.756. The third-order valence-corrected chi connectivity index (χ3v) is 3.70. The minimum Gasteiger partial charge on any atom is -0.319 e. The van der Waals surface area contributed by atoms with Crippen LogP contribution in [0.25, 0.3) is 0 Å². The average molecular weight is 277 g/mol. The smallest absolute Gasteiger partial charge is 0.187 e. The van der Waals surface area contributed by atoms with Crippen LogP contribution in [-0.4, -0.2) is 15.3 Å². The molecule has 0 amide bonds. The standard InChI is InChI=1S/C9H12INO/c1-9(2,11)8(12)7-5-3-4-6-10-7/h3-6H,11H2,1-2H3. The van der Waals surface area contributed by atoms with E-state index in [1.165, 1.54) is 0 Å². The van der Waals surface area contributed by atoms with Gasteiger partial charge in [0.25, 0.3) is 0 Å². The van der Waals surface area contributed by atoms with E-state index in [1.54, 1.807) is 13.8 Å². The molecule has 66 valence electrons. The molecule has 0 unspecified atom stereocenters. The molecule has 0 bridgehead atoms. The maximum Gasteiger partial charge on any atom is 0.187 e. The van der Waals surface area contributed by atoms with Gasteiger partial charge in [0.1, 0.15) is 0 Å². The lowest BCUT2D eigenvalue weighted by molar-refractivity contribution is -0.118. The molecule has 1 heterocycles. The maximum absolute atomic E-state index is 11.6. The van der Waals surface area contributed by atoms with Gasteiger partial charge in [0.15, 0.2) is 5.78 Å². The van der Waals surface area contributed by atoms with Gasteiger partial charge in [-0.25, -0.2) is 0 Å². The number of rotatable bonds is 2. The Bertz CT molecular complexity index is 281. The van der Waals surface area contributed by atoms with Crippen molar-refractivity contribution in [2.45, 2.75) is 19.4 Å². The number of nitrogens with two attached hydrogens (primary N) is 1. The summed E-state index contributed by atoms with van der Waals surface area (Å²) in [5.41, 5.74) is 4.98. The lowest BCUT2D eigenvalue weighted by Gasteiger charge is -2.17. The van der Waals surface area contributed by atoms with Crippen molar-refractivity contribution in [3.63, 3.8) is 0 Å². The molecule has 0 aliphatic carbocycles. The molecule has 2 nitrogen and oxygen atoms in total. The zero-order valence-electron chi connectivity index (χ0n) is 7.17. The van der Waals surface area contributed by atoms with E-state index in [0.717, 1.165) is 3.58 Å². The highest BCUT2D eigenvalue weighted by Crippen LogP contribution is 2.22. The molecule has 0 aromatic heterocycles. The predicted molar refractivity (Wildman–Crippen MR) is 60.6 cm³/mol. The Morgan fingerprint density at radius 2 is 2.17 bits per heavy atom. The van der Waals surface area contributed by atoms with Crippen LogP contribution in [0.2, 0.25) is 0 Å². The molecule has 2 N–H and O–H groups in total. The molecule has 1 aliphatic heterocycles. The molecular formula is C9H12INO. The Kier molecular flexibility index (Phi) is 2.95. The van der Waals surface area contributed by atoms with E-state index in [4.69, 9.17) is 5.73 Å². The second kappa shape index (κ2) is 3.62. The highest BCUT2D eigenvalue weighted by Gasteiger charge is 2.24. The number of Topliss-reactive ketones (excluding diaryl/α,β-unsaturated/α-hetero) is 1. The van der Waals surface area contributed by atoms with Gasteiger partial charge in [-0.05, 0) is 23.9 Å². The van der Waals surface area contributed by atoms with Crippen molar-refractivity contribution in [2.75, 3.05) is 0 Å². The van der Waals surface area contributed by atoms with Crippen molar-refractivity contribution in [3.8, 4) is 0 Å². The van der Waals surface area contributed by atoms with Gasteiger partial charge in [0, 0.05) is 0 Å². The summed E-state index contributed by atoms with van der Waals surface area (Å²) in [5, 5.41) is 0. The van der Waals surface area contributed by atoms with Gasteiger partial charge >= 0.3 is 0 Å². The van der Waals surface area contributed by atoms with Crippen LogP contribution in [0.1, 0.15) is 13.8 Å². The largest absolute Gasteiger partial charge is 0.319 e. The normalized spacial score (nSPS) is 16.8. The summed E-state index contributed by atoms with van der Waals surface area (Å²) in [7, 11) is 0. The molecule has 0 saturated carbocycles. The fourth-order valence-corrected chi connectivity index (χ4v) is 2.98. The first-order chi connectivity index (χ1) is 5.52. The Hall–Kier alpha value is -0.290. The molecule has 0 spiro atoms. The summed E-state index contributed by atoms with van der Waals surface area (Å²) >= 11 is -0.238. The van der Waals surface area contributed by atoms with Crippen LogP contribution in [0.5, 0.6) is 0 Å². The number of ketones is 1. The quantitative estimate of drug-likeness (QED) is 0.778. The third-order valence-electron chi connectivity index (χ3n) is 1.41. The zero-order chi connectivity index (χ0) is 9.19. The van der Waals surface area contributed by atoms with Gasteiger partial charge in [-0.1, -0.05) is 32.9 Å². The van der Waals surface area contributed by atoms with Crippen molar-refractivity contribution in [2.24, 2.45) is 5.73 Å². The summed E-state index contributed by atoms with van der Waals surface area (Å²) in [5.74, 6) is 0.0795. The predicted octanol–water partition coefficient (Wildman–Crippen LogP) is 1.52. The van der Waals surface area contributed by atoms with E-state index in [0.29, 0.717) is 0 Å². The SMILES string of the molecule is CC(C)(N)C(=O)C1=CC=CC=I1. The van der Waals surface area contributed by atoms with E-state index < -0.39 is 5.54 Å². The highest BCUT2D eigenvalue weighted by molar-refractivity contribution is 14.2. The number of carbonyl (C=O) groups excluding carboxylic acids is 1. The zero-order valence-corrected chi connectivity index (χ0v) is 9.33. The van der Waals surface area contributed by atoms with E-state index >= 15 is 0 Å². The minimum atomic E-state index is -0.718. The Morgan fingerprint density at radius 3 is 2.58 bits per heavy atom. The number of carbonyl (C=O) groups is 1. The molecule has 12 heavy (non-hydrogen) atoms. The van der Waals surface area contributed by atoms with E-state index in [9.17, 15) is 4.79 Å². The van der Waals surface area contributed by atoms with Crippen LogP contribution in [0.3, 0.4) is 0 Å². The first kappa shape index (κ1) is 9.80. The molecule has 3 heteroatoms. The van der Waals surface area contributed by atoms with Gasteiger partial charge in [0.05, 0.1) is 9.12 Å². The van der Waals surface area contributed by atoms with Crippen LogP contribution >= 0.6 is 20.7 Å². The Labute approximate surface area is 82.3 Å². The second-order valence-electron chi connectivity index (χ2n) is 3.19. The van der Waals surface area contributed by atoms with Crippen LogP contribution in [0, 0.1) is 0 Å². The molecule has 0 aromatic carbocycles. The van der Waals surface area contributed by atoms with E-state index in [2.05, 4.69) is 4.01 Å². The first-order valence-corrected chi connectivity index (χ1v) is 6.01. The number of hydrogen-bond donors (Lipinski definition) is 1. The van der Waals surface area contributed by atoms with Crippen LogP contribution in [0.15, 0.2) is 21.8 Å². The summed E-state index contributed by atoms with van der Waals surface area (Å²) in [6.07, 6.45) is 5.75. The summed E-state index contributed by atoms with van der Waals surface area (Å²) in [6.45, 7) is 3.50. The van der Waals surface area contributed by atoms with Crippen LogP contribution < -0.4 is 5.73 Å². The summed E-state index contributed by atoms with van der Waals surface area (Å²) in [6, 6.07) is 0. The lowest BCUT2D eigenvalue weighted by atomic mass is 10.0. The number of hydrogen-bond acceptors (Lipinski definition) is 2. The highest BCUT2D eigenvalue weighted by atomic mass is 127. The van der Waals surface area contributed by atoms with Gasteiger partial charge in [0.2, 0.25) is 0 Å². The average Bonchev–Trinajstić information content (AvgIpc) is 2.03. The van der Waals surface area contributed by atoms with Crippen LogP contribution in [0.4, 0.5) is 0 Å². The molecule has 0 atom stereocenters. The topological polar surface area (TPSA) is 43.1 Å². The Balaban J connectivity index is 2.86. The molecule has 0 saturated heterocycles. The van der Waals surface area contributed by atoms with Crippen molar-refractivity contribution in [3.05, 3.63) is 21.8 Å². The van der Waals surface area contributed by atoms with Crippen molar-refractivity contribution in [1.82, 2.24) is 0 Å². The molecule has 0 aromatic rings. The van der Waals surface area contributed by atoms with Gasteiger partial charge in [-0.2, -0.15) is 0 Å². The van der Waals surface area contributed by atoms with Gasteiger partial charge in [-0.15, -0.1) is 0 Å². The summed E-state index contributed by atoms with van der Waals surface area (Å²) in [4.78, 5) is 11.6. The van der Waals surface area contributed by atoms with E-state index in [-0.39, 0.29) is 26.5 Å². The molecule has 1 rings (SSSR count). The fraction of sp³-hybridized carbons (Fsp3) is 0.333. The lowest BCUT2D eigenvalue weighted by Crippen LogP contribution is -2.41. The Morgan fingerprint density at radius 1 is 1.50 bits per heavy atom. The van der Waals surface area contributed by atoms with Crippen molar-refractivity contribution >= 4 is 30.5 Å². The van der Waals surface area contributed by atoms with Gasteiger partial charge < -0.3 is 5.73 Å². The maximum atomic E-state index is 11.6. The molecular weight excluding hydrogens is 265 g/mol. The van der Waals surface area contributed by atoms with Crippen molar-refractivity contribution < 1.29 is 4.79 Å². The minimum absolute atomic E-state index is 0.0795. The van der Waals surface area contributed by atoms with E-state index in [1.807, 2.05) is 18.2 Å². The second-order valence-corrected chi connectivity index (χ2v) is 5.69. The molecule has 1 aliphatic rings. The molecule has 0 radical (unpaired) electrons. The number of allylic oxidation sites excluding steroid dienone is 3. The molecule has 0 fully saturated rings. The third kappa shape index (κ3) is 2.35. The number of halogens is 1. The monoisotopic (exact) mass is 277 g/mol.